The zero-order chi connectivity index (χ0) is 25.7. The molecule has 2 heterocycles. The first kappa shape index (κ1) is 60.2. The van der Waals surface area contributed by atoms with Crippen molar-refractivity contribution in [3.05, 3.63) is 0 Å². The zero-order valence-electron chi connectivity index (χ0n) is 22.1. The van der Waals surface area contributed by atoms with Gasteiger partial charge in [0.1, 0.15) is 0 Å². The number of carbonyl (C=O) groups is 4. The van der Waals surface area contributed by atoms with Crippen molar-refractivity contribution in [2.75, 3.05) is 25.6 Å². The van der Waals surface area contributed by atoms with Gasteiger partial charge in [-0.05, 0) is 36.2 Å². The van der Waals surface area contributed by atoms with E-state index in [1.807, 2.05) is 0 Å². The summed E-state index contributed by atoms with van der Waals surface area (Å²) in [6.07, 6.45) is 10.6. The fourth-order valence-electron chi connectivity index (χ4n) is 4.21. The average molecular weight is 643 g/mol. The average Bonchev–Trinajstić information content (AvgIpc) is 3.18. The molecule has 2 aliphatic heterocycles. The summed E-state index contributed by atoms with van der Waals surface area (Å²) in [5.74, 6) is 3.43. The summed E-state index contributed by atoms with van der Waals surface area (Å²) in [7, 11) is 3.16. The lowest BCUT2D eigenvalue weighted by Crippen LogP contribution is -2.26. The predicted molar refractivity (Wildman–Crippen MR) is 198 cm³/mol. The predicted octanol–water partition coefficient (Wildman–Crippen LogP) is 10.5. The number of thioether (sulfide) groups is 2. The molecule has 4 unspecified atom stereocenters. The van der Waals surface area contributed by atoms with Gasteiger partial charge in [0.2, 0.25) is 23.6 Å². The van der Waals surface area contributed by atoms with E-state index in [9.17, 15) is 19.2 Å². The Morgan fingerprint density at radius 1 is 0.595 bits per heavy atom. The van der Waals surface area contributed by atoms with Gasteiger partial charge in [-0.3, -0.25) is 29.0 Å². The third kappa shape index (κ3) is 21.6. The number of hydrogen-bond donors (Lipinski definition) is 0. The Kier molecular flexibility index (Phi) is 47.2. The summed E-state index contributed by atoms with van der Waals surface area (Å²) in [5.41, 5.74) is 0. The van der Waals surface area contributed by atoms with Gasteiger partial charge in [-0.2, -0.15) is 0 Å². The maximum Gasteiger partial charge on any atom is 0.242 e. The highest BCUT2D eigenvalue weighted by Crippen LogP contribution is 2.27. The van der Waals surface area contributed by atoms with Crippen molar-refractivity contribution in [1.82, 2.24) is 9.80 Å². The van der Waals surface area contributed by atoms with Crippen molar-refractivity contribution in [2.45, 2.75) is 162 Å². The lowest BCUT2D eigenvalue weighted by Gasteiger charge is -2.11. The summed E-state index contributed by atoms with van der Waals surface area (Å²) < 4.78 is 0. The van der Waals surface area contributed by atoms with Crippen molar-refractivity contribution in [3.8, 4) is 0 Å². The molecular weight excluding hydrogens is 565 g/mol. The minimum atomic E-state index is -0.119. The van der Waals surface area contributed by atoms with Gasteiger partial charge < -0.3 is 0 Å². The Bertz CT molecular complexity index is 676. The minimum Gasteiger partial charge on any atom is -0.285 e. The number of nitrogens with zero attached hydrogens (tertiary/aromatic N) is 2. The maximum absolute atomic E-state index is 11.7. The van der Waals surface area contributed by atoms with E-state index in [2.05, 4.69) is 27.7 Å². The fraction of sp³-hybridized carbons (Fsp3) is 0.882. The molecular formula is C34H78N2O4S2. The van der Waals surface area contributed by atoms with E-state index in [0.717, 1.165) is 36.2 Å². The molecule has 0 aromatic heterocycles. The second kappa shape index (κ2) is 32.9. The highest BCUT2D eigenvalue weighted by atomic mass is 32.2. The van der Waals surface area contributed by atoms with Gasteiger partial charge in [-0.15, -0.1) is 23.5 Å². The monoisotopic (exact) mass is 643 g/mol. The maximum atomic E-state index is 11.7. The van der Waals surface area contributed by atoms with Crippen molar-refractivity contribution in [2.24, 2.45) is 11.8 Å². The van der Waals surface area contributed by atoms with Gasteiger partial charge in [-0.25, -0.2) is 0 Å². The Hall–Kier alpha value is -1.02. The van der Waals surface area contributed by atoms with Crippen LogP contribution in [0.4, 0.5) is 0 Å². The van der Waals surface area contributed by atoms with Crippen LogP contribution in [-0.4, -0.2) is 69.5 Å². The van der Waals surface area contributed by atoms with Gasteiger partial charge in [0.25, 0.3) is 0 Å². The second-order valence-corrected chi connectivity index (χ2v) is 12.4. The molecule has 0 aliphatic carbocycles. The molecule has 8 heteroatoms. The molecule has 0 N–H and O–H groups in total. The topological polar surface area (TPSA) is 74.8 Å². The first-order valence-corrected chi connectivity index (χ1v) is 15.1. The van der Waals surface area contributed by atoms with Crippen LogP contribution in [0, 0.1) is 11.8 Å². The van der Waals surface area contributed by atoms with Gasteiger partial charge in [0.05, 0.1) is 10.5 Å². The number of amides is 4. The summed E-state index contributed by atoms with van der Waals surface area (Å²) in [6, 6.07) is 0. The smallest absolute Gasteiger partial charge is 0.242 e. The van der Waals surface area contributed by atoms with Gasteiger partial charge >= 0.3 is 0 Å². The van der Waals surface area contributed by atoms with Crippen LogP contribution >= 0.6 is 23.5 Å². The van der Waals surface area contributed by atoms with E-state index >= 15 is 0 Å². The Labute approximate surface area is 274 Å². The SMILES string of the molecule is C.C.C.C.C.C.C.C.CCCC(C)CCCCSC1CC(=O)N(C)C1=O.CCCC(C)CCSC1CC(=O)N(C)C1=O. The first-order chi connectivity index (χ1) is 16.1. The fourth-order valence-corrected chi connectivity index (χ4v) is 6.81. The standard InChI is InChI=1S/C14H25NO2S.C12H21NO2S.8CH4/c1-4-7-11(2)8-5-6-9-18-12-10-13(16)15(3)14(12)17;1-4-5-9(2)6-7-16-10-8-11(14)13(3)12(10)15;;;;;;;;/h11-12H,4-10H2,1-3H3;9-10H,4-8H2,1-3H3;8*1H4. The molecule has 0 aromatic carbocycles. The van der Waals surface area contributed by atoms with Crippen molar-refractivity contribution < 1.29 is 19.2 Å². The molecule has 2 fully saturated rings. The first-order valence-electron chi connectivity index (χ1n) is 13.0. The molecule has 0 aromatic rings. The lowest BCUT2D eigenvalue weighted by atomic mass is 10.00. The number of imide groups is 2. The third-order valence-electron chi connectivity index (χ3n) is 6.58. The van der Waals surface area contributed by atoms with Crippen molar-refractivity contribution in [3.63, 3.8) is 0 Å². The van der Waals surface area contributed by atoms with Gasteiger partial charge in [0, 0.05) is 26.9 Å². The van der Waals surface area contributed by atoms with Gasteiger partial charge in [-0.1, -0.05) is 126 Å². The molecule has 260 valence electrons. The molecule has 0 radical (unpaired) electrons. The third-order valence-corrected chi connectivity index (χ3v) is 9.12. The van der Waals surface area contributed by atoms with Crippen LogP contribution in [0.2, 0.25) is 0 Å². The quantitative estimate of drug-likeness (QED) is 0.139. The molecule has 6 nitrogen and oxygen atoms in total. The summed E-state index contributed by atoms with van der Waals surface area (Å²) >= 11 is 3.29. The number of likely N-dealkylation sites (tertiary alicyclic amines) is 2. The highest BCUT2D eigenvalue weighted by molar-refractivity contribution is 8.00. The van der Waals surface area contributed by atoms with E-state index in [1.54, 1.807) is 37.6 Å². The molecule has 0 bridgehead atoms. The largest absolute Gasteiger partial charge is 0.285 e. The summed E-state index contributed by atoms with van der Waals surface area (Å²) in [4.78, 5) is 48.4. The number of carbonyl (C=O) groups excluding carboxylic acids is 4. The van der Waals surface area contributed by atoms with Crippen LogP contribution < -0.4 is 0 Å². The molecule has 4 amide bonds. The second-order valence-electron chi connectivity index (χ2n) is 9.78. The normalized spacial score (nSPS) is 18.0. The summed E-state index contributed by atoms with van der Waals surface area (Å²) in [5, 5.41) is -0.234. The lowest BCUT2D eigenvalue weighted by molar-refractivity contribution is -0.138. The molecule has 42 heavy (non-hydrogen) atoms. The van der Waals surface area contributed by atoms with E-state index < -0.39 is 0 Å². The molecule has 2 aliphatic rings. The van der Waals surface area contributed by atoms with E-state index in [4.69, 9.17) is 0 Å². The van der Waals surface area contributed by atoms with Crippen LogP contribution in [0.25, 0.3) is 0 Å². The van der Waals surface area contributed by atoms with E-state index in [0.29, 0.717) is 12.8 Å². The number of rotatable bonds is 14. The molecule has 0 saturated carbocycles. The van der Waals surface area contributed by atoms with Crippen LogP contribution in [0.15, 0.2) is 0 Å². The summed E-state index contributed by atoms with van der Waals surface area (Å²) in [6.45, 7) is 8.98. The molecule has 2 saturated heterocycles. The Morgan fingerprint density at radius 2 is 0.952 bits per heavy atom. The van der Waals surface area contributed by atoms with Crippen LogP contribution in [0.5, 0.6) is 0 Å². The number of hydrogen-bond acceptors (Lipinski definition) is 6. The Morgan fingerprint density at radius 3 is 1.29 bits per heavy atom. The van der Waals surface area contributed by atoms with Crippen LogP contribution in [0.1, 0.15) is 151 Å². The van der Waals surface area contributed by atoms with Crippen LogP contribution in [0.3, 0.4) is 0 Å². The van der Waals surface area contributed by atoms with Gasteiger partial charge in [0.15, 0.2) is 0 Å². The van der Waals surface area contributed by atoms with E-state index in [1.165, 1.54) is 48.3 Å². The highest BCUT2D eigenvalue weighted by Gasteiger charge is 2.36. The molecule has 2 rings (SSSR count). The van der Waals surface area contributed by atoms with Crippen molar-refractivity contribution in [1.29, 1.82) is 0 Å². The molecule has 0 spiro atoms. The zero-order valence-corrected chi connectivity index (χ0v) is 23.8. The van der Waals surface area contributed by atoms with Crippen LogP contribution in [-0.2, 0) is 19.2 Å². The Balaban J connectivity index is -0.0000000774. The van der Waals surface area contributed by atoms with Crippen molar-refractivity contribution >= 4 is 47.2 Å². The number of unbranched alkanes of at least 4 members (excludes halogenated alkanes) is 1. The minimum absolute atomic E-state index is 0. The molecule has 4 atom stereocenters. The van der Waals surface area contributed by atoms with E-state index in [-0.39, 0.29) is 93.5 Å².